The highest BCUT2D eigenvalue weighted by atomic mass is 16.1. The highest BCUT2D eigenvalue weighted by Crippen LogP contribution is 1.90. The summed E-state index contributed by atoms with van der Waals surface area (Å²) in [6.07, 6.45) is 3.95. The van der Waals surface area contributed by atoms with Crippen molar-refractivity contribution in [3.63, 3.8) is 0 Å². The van der Waals surface area contributed by atoms with Crippen LogP contribution < -0.4 is 5.32 Å². The molecule has 1 aromatic rings. The van der Waals surface area contributed by atoms with Crippen molar-refractivity contribution in [2.75, 3.05) is 6.54 Å². The molecule has 0 spiro atoms. The predicted molar refractivity (Wildman–Crippen MR) is 44.4 cm³/mol. The molecular weight excluding hydrogens is 154 g/mol. The zero-order chi connectivity index (χ0) is 8.81. The SMILES string of the molecule is CC(=O)NCCc1ccncn1. The lowest BCUT2D eigenvalue weighted by molar-refractivity contribution is -0.118. The molecule has 0 aliphatic carbocycles. The van der Waals surface area contributed by atoms with Crippen LogP contribution in [0.5, 0.6) is 0 Å². The molecule has 0 unspecified atom stereocenters. The molecule has 0 aliphatic heterocycles. The summed E-state index contributed by atoms with van der Waals surface area (Å²) >= 11 is 0. The van der Waals surface area contributed by atoms with Gasteiger partial charge in [0.05, 0.1) is 0 Å². The Kier molecular flexibility index (Phi) is 3.19. The maximum atomic E-state index is 10.5. The van der Waals surface area contributed by atoms with E-state index in [4.69, 9.17) is 0 Å². The maximum absolute atomic E-state index is 10.5. The number of carbonyl (C=O) groups excluding carboxylic acids is 1. The molecule has 0 fully saturated rings. The van der Waals surface area contributed by atoms with Crippen molar-refractivity contribution < 1.29 is 4.79 Å². The van der Waals surface area contributed by atoms with Crippen LogP contribution in [0.15, 0.2) is 18.6 Å². The van der Waals surface area contributed by atoms with Crippen molar-refractivity contribution in [1.82, 2.24) is 15.3 Å². The van der Waals surface area contributed by atoms with Crippen LogP contribution in [0.4, 0.5) is 0 Å². The molecule has 4 heteroatoms. The Labute approximate surface area is 71.0 Å². The van der Waals surface area contributed by atoms with Gasteiger partial charge in [-0.2, -0.15) is 0 Å². The summed E-state index contributed by atoms with van der Waals surface area (Å²) in [5.74, 6) is -0.0101. The number of carbonyl (C=O) groups is 1. The third-order valence-corrected chi connectivity index (χ3v) is 1.40. The molecule has 0 bridgehead atoms. The average molecular weight is 165 g/mol. The standard InChI is InChI=1S/C8H11N3O/c1-7(12)10-5-3-8-2-4-9-6-11-8/h2,4,6H,3,5H2,1H3,(H,10,12). The summed E-state index contributed by atoms with van der Waals surface area (Å²) in [5.41, 5.74) is 0.943. The third-order valence-electron chi connectivity index (χ3n) is 1.40. The molecular formula is C8H11N3O. The van der Waals surface area contributed by atoms with Gasteiger partial charge in [-0.15, -0.1) is 0 Å². The van der Waals surface area contributed by atoms with Gasteiger partial charge in [0.15, 0.2) is 0 Å². The van der Waals surface area contributed by atoms with E-state index in [2.05, 4.69) is 15.3 Å². The van der Waals surface area contributed by atoms with Crippen molar-refractivity contribution in [1.29, 1.82) is 0 Å². The van der Waals surface area contributed by atoms with Gasteiger partial charge < -0.3 is 5.32 Å². The Morgan fingerprint density at radius 3 is 3.08 bits per heavy atom. The van der Waals surface area contributed by atoms with Crippen molar-refractivity contribution in [3.8, 4) is 0 Å². The van der Waals surface area contributed by atoms with Crippen LogP contribution in [0.3, 0.4) is 0 Å². The number of hydrogen-bond acceptors (Lipinski definition) is 3. The lowest BCUT2D eigenvalue weighted by atomic mass is 10.3. The number of hydrogen-bond donors (Lipinski definition) is 1. The minimum Gasteiger partial charge on any atom is -0.356 e. The van der Waals surface area contributed by atoms with E-state index in [0.717, 1.165) is 12.1 Å². The maximum Gasteiger partial charge on any atom is 0.216 e. The van der Waals surface area contributed by atoms with Gasteiger partial charge in [-0.1, -0.05) is 0 Å². The van der Waals surface area contributed by atoms with Crippen molar-refractivity contribution in [2.24, 2.45) is 0 Å². The molecule has 12 heavy (non-hydrogen) atoms. The monoisotopic (exact) mass is 165 g/mol. The number of nitrogens with one attached hydrogen (secondary N) is 1. The van der Waals surface area contributed by atoms with Gasteiger partial charge in [-0.05, 0) is 6.07 Å². The van der Waals surface area contributed by atoms with E-state index in [1.165, 1.54) is 13.3 Å². The number of aromatic nitrogens is 2. The number of rotatable bonds is 3. The van der Waals surface area contributed by atoms with Crippen LogP contribution in [0, 0.1) is 0 Å². The fourth-order valence-corrected chi connectivity index (χ4v) is 0.833. The molecule has 0 radical (unpaired) electrons. The average Bonchev–Trinajstić information content (AvgIpc) is 2.05. The van der Waals surface area contributed by atoms with Gasteiger partial charge in [0, 0.05) is 31.8 Å². The fraction of sp³-hybridized carbons (Fsp3) is 0.375. The van der Waals surface area contributed by atoms with Crippen molar-refractivity contribution >= 4 is 5.91 Å². The molecule has 4 nitrogen and oxygen atoms in total. The molecule has 1 amide bonds. The molecule has 0 saturated heterocycles. The second-order valence-electron chi connectivity index (χ2n) is 2.43. The van der Waals surface area contributed by atoms with Gasteiger partial charge in [0.2, 0.25) is 5.91 Å². The zero-order valence-electron chi connectivity index (χ0n) is 6.95. The minimum absolute atomic E-state index is 0.0101. The second-order valence-corrected chi connectivity index (χ2v) is 2.43. The summed E-state index contributed by atoms with van der Waals surface area (Å²) in [7, 11) is 0. The Morgan fingerprint density at radius 2 is 2.50 bits per heavy atom. The van der Waals surface area contributed by atoms with Crippen molar-refractivity contribution in [3.05, 3.63) is 24.3 Å². The Bertz CT molecular complexity index is 248. The Hall–Kier alpha value is -1.45. The molecule has 0 aliphatic rings. The van der Waals surface area contributed by atoms with Crippen LogP contribution in [0.25, 0.3) is 0 Å². The quantitative estimate of drug-likeness (QED) is 0.693. The van der Waals surface area contributed by atoms with E-state index in [9.17, 15) is 4.79 Å². The Morgan fingerprint density at radius 1 is 1.67 bits per heavy atom. The predicted octanol–water partition coefficient (Wildman–Crippen LogP) is 0.155. The molecule has 0 atom stereocenters. The lowest BCUT2D eigenvalue weighted by Gasteiger charge is -1.99. The van der Waals surface area contributed by atoms with E-state index in [1.807, 2.05) is 6.07 Å². The molecule has 0 aromatic carbocycles. The number of nitrogens with zero attached hydrogens (tertiary/aromatic N) is 2. The van der Waals surface area contributed by atoms with Crippen LogP contribution in [0.1, 0.15) is 12.6 Å². The molecule has 1 heterocycles. The van der Waals surface area contributed by atoms with Crippen LogP contribution >= 0.6 is 0 Å². The van der Waals surface area contributed by atoms with Crippen LogP contribution in [0.2, 0.25) is 0 Å². The summed E-state index contributed by atoms with van der Waals surface area (Å²) in [6, 6.07) is 1.84. The highest BCUT2D eigenvalue weighted by Gasteiger charge is 1.93. The molecule has 0 saturated carbocycles. The molecule has 64 valence electrons. The van der Waals surface area contributed by atoms with Gasteiger partial charge in [-0.25, -0.2) is 9.97 Å². The zero-order valence-corrected chi connectivity index (χ0v) is 6.95. The smallest absolute Gasteiger partial charge is 0.216 e. The first-order chi connectivity index (χ1) is 5.79. The first-order valence-electron chi connectivity index (χ1n) is 3.78. The molecule has 1 aromatic heterocycles. The molecule has 1 rings (SSSR count). The van der Waals surface area contributed by atoms with Gasteiger partial charge in [-0.3, -0.25) is 4.79 Å². The van der Waals surface area contributed by atoms with E-state index < -0.39 is 0 Å². The van der Waals surface area contributed by atoms with E-state index >= 15 is 0 Å². The van der Waals surface area contributed by atoms with Crippen LogP contribution in [-0.4, -0.2) is 22.4 Å². The van der Waals surface area contributed by atoms with Crippen molar-refractivity contribution in [2.45, 2.75) is 13.3 Å². The minimum atomic E-state index is -0.0101. The normalized spacial score (nSPS) is 9.42. The number of amides is 1. The van der Waals surface area contributed by atoms with Gasteiger partial charge >= 0.3 is 0 Å². The largest absolute Gasteiger partial charge is 0.356 e. The third kappa shape index (κ3) is 3.09. The Balaban J connectivity index is 2.29. The first kappa shape index (κ1) is 8.64. The van der Waals surface area contributed by atoms with Gasteiger partial charge in [0.1, 0.15) is 6.33 Å². The lowest BCUT2D eigenvalue weighted by Crippen LogP contribution is -2.22. The topological polar surface area (TPSA) is 54.9 Å². The second kappa shape index (κ2) is 4.43. The summed E-state index contributed by atoms with van der Waals surface area (Å²) in [5, 5.41) is 2.69. The summed E-state index contributed by atoms with van der Waals surface area (Å²) < 4.78 is 0. The van der Waals surface area contributed by atoms with Gasteiger partial charge in [0.25, 0.3) is 0 Å². The van der Waals surface area contributed by atoms with E-state index in [-0.39, 0.29) is 5.91 Å². The fourth-order valence-electron chi connectivity index (χ4n) is 0.833. The van der Waals surface area contributed by atoms with E-state index in [1.54, 1.807) is 6.20 Å². The first-order valence-corrected chi connectivity index (χ1v) is 3.78. The highest BCUT2D eigenvalue weighted by molar-refractivity contribution is 5.72. The summed E-state index contributed by atoms with van der Waals surface area (Å²) in [6.45, 7) is 2.13. The van der Waals surface area contributed by atoms with Crippen LogP contribution in [-0.2, 0) is 11.2 Å². The molecule has 1 N–H and O–H groups in total. The van der Waals surface area contributed by atoms with E-state index in [0.29, 0.717) is 6.54 Å². The summed E-state index contributed by atoms with van der Waals surface area (Å²) in [4.78, 5) is 18.3.